The van der Waals surface area contributed by atoms with E-state index in [4.69, 9.17) is 10.5 Å². The second-order valence-electron chi connectivity index (χ2n) is 12.3. The number of hydrogen-bond donors (Lipinski definition) is 2. The quantitative estimate of drug-likeness (QED) is 0.285. The van der Waals surface area contributed by atoms with Crippen molar-refractivity contribution < 1.29 is 18.6 Å². The number of hydrogen-bond acceptors (Lipinski definition) is 8. The van der Waals surface area contributed by atoms with Gasteiger partial charge in [0.2, 0.25) is 5.95 Å². The predicted molar refractivity (Wildman–Crippen MR) is 175 cm³/mol. The lowest BCUT2D eigenvalue weighted by Gasteiger charge is -2.22. The summed E-state index contributed by atoms with van der Waals surface area (Å²) in [5.74, 6) is 0.0844. The molecule has 0 spiro atoms. The third-order valence-corrected chi connectivity index (χ3v) is 9.86. The molecule has 236 valence electrons. The Kier molecular flexibility index (Phi) is 10.1. The maximum atomic E-state index is 16.8. The monoisotopic (exact) mass is 623 g/mol. The van der Waals surface area contributed by atoms with E-state index in [1.807, 2.05) is 25.7 Å². The smallest absolute Gasteiger partial charge is 0.226 e. The summed E-state index contributed by atoms with van der Waals surface area (Å²) in [6.45, 7) is 17.0. The lowest BCUT2D eigenvalue weighted by Crippen LogP contribution is -2.33. The molecule has 2 aliphatic heterocycles. The van der Waals surface area contributed by atoms with Crippen molar-refractivity contribution in [2.45, 2.75) is 87.0 Å². The summed E-state index contributed by atoms with van der Waals surface area (Å²) < 4.78 is 37.8. The van der Waals surface area contributed by atoms with E-state index in [0.29, 0.717) is 47.5 Å². The van der Waals surface area contributed by atoms with Gasteiger partial charge in [-0.05, 0) is 49.8 Å². The van der Waals surface area contributed by atoms with Crippen molar-refractivity contribution in [3.05, 3.63) is 56.4 Å². The van der Waals surface area contributed by atoms with E-state index in [1.54, 1.807) is 20.0 Å². The third-order valence-electron chi connectivity index (χ3n) is 8.83. The van der Waals surface area contributed by atoms with Crippen LogP contribution in [0.3, 0.4) is 0 Å². The van der Waals surface area contributed by atoms with Crippen LogP contribution in [0.5, 0.6) is 0 Å². The molecule has 3 N–H and O–H groups in total. The topological polar surface area (TPSA) is 108 Å². The molecule has 0 bridgehead atoms. The average molecular weight is 624 g/mol. The summed E-state index contributed by atoms with van der Waals surface area (Å²) in [5, 5.41) is 21.4. The first-order valence-electron chi connectivity index (χ1n) is 15.2. The molecule has 1 fully saturated rings. The van der Waals surface area contributed by atoms with Crippen molar-refractivity contribution in [2.24, 2.45) is 11.8 Å². The number of β-amino-alcohol motifs (C(OH)–C–C–N with tert-alkyl or cyclic N) is 1. The molecule has 10 heteroatoms. The molecule has 2 aliphatic rings. The number of thiophene rings is 1. The van der Waals surface area contributed by atoms with E-state index >= 15 is 8.78 Å². The van der Waals surface area contributed by atoms with Gasteiger partial charge in [-0.2, -0.15) is 5.26 Å². The van der Waals surface area contributed by atoms with Gasteiger partial charge in [-0.15, -0.1) is 11.3 Å². The maximum absolute atomic E-state index is 16.8. The number of nitrogens with zero attached hydrogens (tertiary/aromatic N) is 4. The van der Waals surface area contributed by atoms with Crippen LogP contribution < -0.4 is 10.6 Å². The lowest BCUT2D eigenvalue weighted by molar-refractivity contribution is 0.0443. The number of ether oxygens (including phenoxy) is 1. The average Bonchev–Trinajstić information content (AvgIpc) is 3.69. The predicted octanol–water partition coefficient (Wildman–Crippen LogP) is 8.14. The normalized spacial score (nSPS) is 20.5. The molecular formula is C34H43F2N5O2S. The zero-order valence-corrected chi connectivity index (χ0v) is 27.8. The molecule has 2 aromatic heterocycles. The molecular weight excluding hydrogens is 580 g/mol. The molecule has 1 saturated heterocycles. The van der Waals surface area contributed by atoms with Gasteiger partial charge in [0.15, 0.2) is 5.82 Å². The fourth-order valence-corrected chi connectivity index (χ4v) is 6.42. The van der Waals surface area contributed by atoms with Crippen LogP contribution in [0.25, 0.3) is 22.3 Å². The van der Waals surface area contributed by atoms with Crippen LogP contribution in [0.1, 0.15) is 101 Å². The lowest BCUT2D eigenvalue weighted by atomic mass is 9.85. The van der Waals surface area contributed by atoms with Crippen molar-refractivity contribution in [1.29, 1.82) is 5.26 Å². The minimum absolute atomic E-state index is 0.0132. The number of rotatable bonds is 6. The molecule has 2 unspecified atom stereocenters. The van der Waals surface area contributed by atoms with Gasteiger partial charge in [-0.1, -0.05) is 52.7 Å². The number of aromatic nitrogens is 2. The molecule has 1 aromatic carbocycles. The van der Waals surface area contributed by atoms with E-state index in [-0.39, 0.29) is 45.7 Å². The van der Waals surface area contributed by atoms with Gasteiger partial charge in [0.1, 0.15) is 22.4 Å². The molecule has 5 rings (SSSR count). The van der Waals surface area contributed by atoms with Gasteiger partial charge >= 0.3 is 0 Å². The number of anilines is 2. The first-order valence-corrected chi connectivity index (χ1v) is 16.0. The van der Waals surface area contributed by atoms with Gasteiger partial charge in [0, 0.05) is 41.7 Å². The van der Waals surface area contributed by atoms with Crippen molar-refractivity contribution in [1.82, 2.24) is 9.97 Å². The van der Waals surface area contributed by atoms with E-state index in [2.05, 4.69) is 36.8 Å². The summed E-state index contributed by atoms with van der Waals surface area (Å²) in [6, 6.07) is 2.12. The van der Waals surface area contributed by atoms with Crippen molar-refractivity contribution in [2.75, 3.05) is 23.7 Å². The van der Waals surface area contributed by atoms with Gasteiger partial charge in [0.05, 0.1) is 29.3 Å². The van der Waals surface area contributed by atoms with Gasteiger partial charge in [-0.3, -0.25) is 0 Å². The Hall–Kier alpha value is -3.39. The number of nitrogen functional groups attached to an aromatic ring is 1. The number of allylic oxidation sites excluding steroid dienone is 2. The van der Waals surface area contributed by atoms with Crippen LogP contribution >= 0.6 is 11.3 Å². The van der Waals surface area contributed by atoms with E-state index in [9.17, 15) is 10.4 Å². The first-order chi connectivity index (χ1) is 20.8. The van der Waals surface area contributed by atoms with Crippen LogP contribution in [0.4, 0.5) is 19.7 Å². The molecule has 2 atom stereocenters. The number of halogens is 2. The van der Waals surface area contributed by atoms with Gasteiger partial charge in [0.25, 0.3) is 0 Å². The standard InChI is InChI=1S/C29H31F2N5O2S.C5H12/c1-6-14(3)21(23-16(8-32)27(33)39-26(23)20(30)7-2)22-19-12-38-11-18(19)17-9-34-28(35-25(17)24(22)31)36-10-15(4)29(5,37)13-36;1-4-5(2)3/h7,9,15,37H,6,10-13,33H2,1-5H3;5H,4H2,1-3H3/b20-7+,21-14+;. The summed E-state index contributed by atoms with van der Waals surface area (Å²) >= 11 is 0.979. The number of benzene rings is 1. The Morgan fingerprint density at radius 2 is 1.98 bits per heavy atom. The second kappa shape index (κ2) is 13.3. The van der Waals surface area contributed by atoms with Crippen LogP contribution in [-0.2, 0) is 18.0 Å². The Labute approximate surface area is 263 Å². The van der Waals surface area contributed by atoms with Gasteiger partial charge < -0.3 is 20.5 Å². The summed E-state index contributed by atoms with van der Waals surface area (Å²) in [6.07, 6.45) is 4.76. The zero-order valence-electron chi connectivity index (χ0n) is 26.9. The van der Waals surface area contributed by atoms with Crippen LogP contribution in [0, 0.1) is 29.0 Å². The fraction of sp³-hybridized carbons (Fsp3) is 0.500. The number of aliphatic hydroxyl groups is 1. The molecule has 0 saturated carbocycles. The van der Waals surface area contributed by atoms with Crippen LogP contribution in [0.2, 0.25) is 0 Å². The Morgan fingerprint density at radius 3 is 2.52 bits per heavy atom. The summed E-state index contributed by atoms with van der Waals surface area (Å²) in [7, 11) is 0. The van der Waals surface area contributed by atoms with Crippen molar-refractivity contribution >= 4 is 44.6 Å². The van der Waals surface area contributed by atoms with E-state index in [1.165, 1.54) is 12.5 Å². The van der Waals surface area contributed by atoms with Crippen LogP contribution in [0.15, 0.2) is 17.8 Å². The van der Waals surface area contributed by atoms with Gasteiger partial charge in [-0.25, -0.2) is 18.7 Å². The number of fused-ring (bicyclic) bond motifs is 3. The highest BCUT2D eigenvalue weighted by atomic mass is 32.1. The van der Waals surface area contributed by atoms with Crippen LogP contribution in [-0.4, -0.2) is 33.8 Å². The van der Waals surface area contributed by atoms with E-state index < -0.39 is 17.2 Å². The fourth-order valence-electron chi connectivity index (χ4n) is 5.43. The molecule has 3 aromatic rings. The maximum Gasteiger partial charge on any atom is 0.226 e. The largest absolute Gasteiger partial charge is 0.389 e. The summed E-state index contributed by atoms with van der Waals surface area (Å²) in [4.78, 5) is 11.2. The molecule has 0 amide bonds. The Morgan fingerprint density at radius 1 is 1.32 bits per heavy atom. The molecule has 4 heterocycles. The van der Waals surface area contributed by atoms with E-state index in [0.717, 1.165) is 28.4 Å². The zero-order chi connectivity index (χ0) is 32.5. The second-order valence-corrected chi connectivity index (χ2v) is 13.4. The Balaban J connectivity index is 0.000000818. The summed E-state index contributed by atoms with van der Waals surface area (Å²) in [5.41, 5.74) is 8.68. The molecule has 0 radical (unpaired) electrons. The molecule has 44 heavy (non-hydrogen) atoms. The minimum Gasteiger partial charge on any atom is -0.389 e. The molecule has 0 aliphatic carbocycles. The highest BCUT2D eigenvalue weighted by molar-refractivity contribution is 7.17. The van der Waals surface area contributed by atoms with Crippen molar-refractivity contribution in [3.63, 3.8) is 0 Å². The number of nitrogens with two attached hydrogens (primary N) is 1. The molecule has 7 nitrogen and oxygen atoms in total. The highest BCUT2D eigenvalue weighted by Gasteiger charge is 2.40. The number of nitriles is 1. The first kappa shape index (κ1) is 33.5. The Bertz CT molecular complexity index is 1670. The minimum atomic E-state index is -0.915. The third kappa shape index (κ3) is 6.10. The SMILES string of the molecule is C/C=C(/F)c1sc(N)c(C#N)c1/C(=C(\C)CC)c1c2c(c3cnc(N4CC(C)C(C)(O)C4)nc3c1F)COC2.CCC(C)C. The highest BCUT2D eigenvalue weighted by Crippen LogP contribution is 2.47. The van der Waals surface area contributed by atoms with Crippen molar-refractivity contribution in [3.8, 4) is 6.07 Å².